The van der Waals surface area contributed by atoms with E-state index in [1.165, 1.54) is 12.8 Å². The van der Waals surface area contributed by atoms with Crippen LogP contribution in [0, 0.1) is 5.92 Å². The Hall–Kier alpha value is -1.16. The van der Waals surface area contributed by atoms with Gasteiger partial charge in [0.05, 0.1) is 13.2 Å². The van der Waals surface area contributed by atoms with Crippen molar-refractivity contribution in [2.45, 2.75) is 25.8 Å². The van der Waals surface area contributed by atoms with Gasteiger partial charge in [-0.2, -0.15) is 0 Å². The fourth-order valence-electron chi connectivity index (χ4n) is 1.84. The van der Waals surface area contributed by atoms with Gasteiger partial charge in [-0.1, -0.05) is 6.92 Å². The minimum Gasteiger partial charge on any atom is -0.480 e. The van der Waals surface area contributed by atoms with Crippen LogP contribution in [0.2, 0.25) is 0 Å². The first-order valence-corrected chi connectivity index (χ1v) is 5.45. The van der Waals surface area contributed by atoms with Gasteiger partial charge in [0.2, 0.25) is 5.88 Å². The Morgan fingerprint density at radius 1 is 1.47 bits per heavy atom. The van der Waals surface area contributed by atoms with Gasteiger partial charge in [0, 0.05) is 12.4 Å². The summed E-state index contributed by atoms with van der Waals surface area (Å²) >= 11 is 0. The summed E-state index contributed by atoms with van der Waals surface area (Å²) in [6, 6.07) is 0.304. The number of hydrogen-bond donors (Lipinski definition) is 1. The number of rotatable bonds is 5. The van der Waals surface area contributed by atoms with E-state index in [2.05, 4.69) is 22.2 Å². The average molecular weight is 207 g/mol. The third kappa shape index (κ3) is 2.26. The first kappa shape index (κ1) is 10.4. The van der Waals surface area contributed by atoms with E-state index in [4.69, 9.17) is 4.74 Å². The molecule has 1 saturated carbocycles. The lowest BCUT2D eigenvalue weighted by Gasteiger charge is -2.17. The lowest BCUT2D eigenvalue weighted by Crippen LogP contribution is -2.24. The molecule has 1 fully saturated rings. The zero-order valence-electron chi connectivity index (χ0n) is 9.23. The molecule has 1 aliphatic carbocycles. The maximum absolute atomic E-state index is 5.24. The molecule has 4 heteroatoms. The Balaban J connectivity index is 2.23. The Bertz CT molecular complexity index is 325. The topological polar surface area (TPSA) is 47.0 Å². The molecule has 0 aliphatic heterocycles. The largest absolute Gasteiger partial charge is 0.480 e. The molecular formula is C11H17N3O. The van der Waals surface area contributed by atoms with Crippen LogP contribution < -0.4 is 10.1 Å². The van der Waals surface area contributed by atoms with Gasteiger partial charge < -0.3 is 10.1 Å². The average Bonchev–Trinajstić information content (AvgIpc) is 3.10. The van der Waals surface area contributed by atoms with Gasteiger partial charge in [-0.15, -0.1) is 0 Å². The van der Waals surface area contributed by atoms with E-state index in [1.54, 1.807) is 19.5 Å². The van der Waals surface area contributed by atoms with Gasteiger partial charge in [-0.3, -0.25) is 4.98 Å². The first-order valence-electron chi connectivity index (χ1n) is 5.45. The highest BCUT2D eigenvalue weighted by Gasteiger charge is 2.34. The molecule has 82 valence electrons. The van der Waals surface area contributed by atoms with Crippen LogP contribution in [-0.4, -0.2) is 23.6 Å². The van der Waals surface area contributed by atoms with Crippen LogP contribution in [0.4, 0.5) is 0 Å². The molecule has 0 radical (unpaired) electrons. The molecule has 4 nitrogen and oxygen atoms in total. The summed E-state index contributed by atoms with van der Waals surface area (Å²) in [7, 11) is 1.64. The highest BCUT2D eigenvalue weighted by Crippen LogP contribution is 2.42. The number of methoxy groups -OCH3 is 1. The lowest BCUT2D eigenvalue weighted by atomic mass is 10.1. The lowest BCUT2D eigenvalue weighted by molar-refractivity contribution is 0.371. The molecule has 0 saturated heterocycles. The predicted octanol–water partition coefficient (Wildman–Crippen LogP) is 1.55. The third-order valence-electron chi connectivity index (χ3n) is 2.70. The van der Waals surface area contributed by atoms with Crippen molar-refractivity contribution in [1.29, 1.82) is 0 Å². The van der Waals surface area contributed by atoms with Crippen molar-refractivity contribution in [2.24, 2.45) is 5.92 Å². The zero-order chi connectivity index (χ0) is 10.7. The second-order valence-electron chi connectivity index (χ2n) is 3.82. The third-order valence-corrected chi connectivity index (χ3v) is 2.70. The molecule has 0 amide bonds. The number of hydrogen-bond acceptors (Lipinski definition) is 4. The molecule has 1 aromatic heterocycles. The molecule has 1 heterocycles. The van der Waals surface area contributed by atoms with Crippen molar-refractivity contribution < 1.29 is 4.74 Å². The van der Waals surface area contributed by atoms with Gasteiger partial charge in [0.25, 0.3) is 0 Å². The second kappa shape index (κ2) is 4.57. The zero-order valence-corrected chi connectivity index (χ0v) is 9.23. The molecule has 2 rings (SSSR count). The van der Waals surface area contributed by atoms with Crippen LogP contribution in [0.5, 0.6) is 5.88 Å². The number of nitrogens with one attached hydrogen (secondary N) is 1. The molecule has 1 aliphatic rings. The smallest absolute Gasteiger partial charge is 0.237 e. The van der Waals surface area contributed by atoms with E-state index in [0.29, 0.717) is 17.8 Å². The van der Waals surface area contributed by atoms with Crippen LogP contribution in [0.25, 0.3) is 0 Å². The van der Waals surface area contributed by atoms with Gasteiger partial charge in [-0.05, 0) is 25.3 Å². The summed E-state index contributed by atoms with van der Waals surface area (Å²) < 4.78 is 5.24. The van der Waals surface area contributed by atoms with Crippen LogP contribution >= 0.6 is 0 Å². The number of nitrogens with zero attached hydrogens (tertiary/aromatic N) is 2. The molecular weight excluding hydrogens is 190 g/mol. The standard InChI is InChI=1S/C11H17N3O/c1-3-12-9(8-4-5-8)10-11(15-2)14-7-6-13-10/h6-9,12H,3-5H2,1-2H3. The highest BCUT2D eigenvalue weighted by molar-refractivity contribution is 5.23. The van der Waals surface area contributed by atoms with Crippen LogP contribution in [0.3, 0.4) is 0 Å². The predicted molar refractivity (Wildman–Crippen MR) is 57.7 cm³/mol. The second-order valence-corrected chi connectivity index (χ2v) is 3.82. The summed E-state index contributed by atoms with van der Waals surface area (Å²) in [6.07, 6.45) is 5.94. The van der Waals surface area contributed by atoms with Crippen molar-refractivity contribution in [3.63, 3.8) is 0 Å². The van der Waals surface area contributed by atoms with Crippen LogP contribution in [-0.2, 0) is 0 Å². The van der Waals surface area contributed by atoms with E-state index in [-0.39, 0.29) is 0 Å². The SMILES string of the molecule is CCNC(c1nccnc1OC)C1CC1. The van der Waals surface area contributed by atoms with Gasteiger partial charge in [0.15, 0.2) is 0 Å². The Morgan fingerprint density at radius 2 is 2.20 bits per heavy atom. The Labute approximate surface area is 90.1 Å². The van der Waals surface area contributed by atoms with Crippen molar-refractivity contribution in [2.75, 3.05) is 13.7 Å². The van der Waals surface area contributed by atoms with E-state index in [0.717, 1.165) is 12.2 Å². The first-order chi connectivity index (χ1) is 7.36. The molecule has 1 atom stereocenters. The van der Waals surface area contributed by atoms with Gasteiger partial charge in [0.1, 0.15) is 5.69 Å². The van der Waals surface area contributed by atoms with Crippen LogP contribution in [0.1, 0.15) is 31.5 Å². The number of ether oxygens (including phenoxy) is 1. The quantitative estimate of drug-likeness (QED) is 0.795. The highest BCUT2D eigenvalue weighted by atomic mass is 16.5. The van der Waals surface area contributed by atoms with Crippen molar-refractivity contribution >= 4 is 0 Å². The Kier molecular flexibility index (Phi) is 3.16. The van der Waals surface area contributed by atoms with Crippen molar-refractivity contribution in [3.8, 4) is 5.88 Å². The van der Waals surface area contributed by atoms with Crippen molar-refractivity contribution in [3.05, 3.63) is 18.1 Å². The van der Waals surface area contributed by atoms with E-state index in [1.807, 2.05) is 0 Å². The summed E-state index contributed by atoms with van der Waals surface area (Å²) in [5.74, 6) is 1.35. The van der Waals surface area contributed by atoms with Crippen LogP contribution in [0.15, 0.2) is 12.4 Å². The summed E-state index contributed by atoms with van der Waals surface area (Å²) in [4.78, 5) is 8.57. The molecule has 1 aromatic rings. The molecule has 0 aromatic carbocycles. The minimum atomic E-state index is 0.304. The summed E-state index contributed by atoms with van der Waals surface area (Å²) in [6.45, 7) is 3.05. The summed E-state index contributed by atoms with van der Waals surface area (Å²) in [5, 5.41) is 3.45. The monoisotopic (exact) mass is 207 g/mol. The number of aromatic nitrogens is 2. The van der Waals surface area contributed by atoms with Crippen molar-refractivity contribution in [1.82, 2.24) is 15.3 Å². The normalized spacial score (nSPS) is 17.5. The summed E-state index contributed by atoms with van der Waals surface area (Å²) in [5.41, 5.74) is 0.948. The molecule has 15 heavy (non-hydrogen) atoms. The molecule has 0 spiro atoms. The molecule has 0 bridgehead atoms. The minimum absolute atomic E-state index is 0.304. The maximum Gasteiger partial charge on any atom is 0.237 e. The fourth-order valence-corrected chi connectivity index (χ4v) is 1.84. The van der Waals surface area contributed by atoms with Gasteiger partial charge >= 0.3 is 0 Å². The molecule has 1 unspecified atom stereocenters. The van der Waals surface area contributed by atoms with E-state index in [9.17, 15) is 0 Å². The molecule has 1 N–H and O–H groups in total. The fraction of sp³-hybridized carbons (Fsp3) is 0.636. The maximum atomic E-state index is 5.24. The Morgan fingerprint density at radius 3 is 2.80 bits per heavy atom. The van der Waals surface area contributed by atoms with E-state index < -0.39 is 0 Å². The van der Waals surface area contributed by atoms with E-state index >= 15 is 0 Å². The van der Waals surface area contributed by atoms with Gasteiger partial charge in [-0.25, -0.2) is 4.98 Å².